The molecule has 13 heteroatoms. The molecule has 0 saturated carbocycles. The van der Waals surface area contributed by atoms with Crippen molar-refractivity contribution < 1.29 is 32.2 Å². The molecule has 5 rings (SSSR count). The second kappa shape index (κ2) is 10.0. The van der Waals surface area contributed by atoms with Crippen LogP contribution in [-0.4, -0.2) is 63.6 Å². The van der Waals surface area contributed by atoms with Crippen LogP contribution >= 0.6 is 0 Å². The van der Waals surface area contributed by atoms with Gasteiger partial charge < -0.3 is 24.6 Å². The van der Waals surface area contributed by atoms with E-state index < -0.39 is 24.0 Å². The van der Waals surface area contributed by atoms with Crippen molar-refractivity contribution in [2.24, 2.45) is 0 Å². The third-order valence-corrected chi connectivity index (χ3v) is 6.77. The van der Waals surface area contributed by atoms with Crippen LogP contribution in [0.1, 0.15) is 49.4 Å². The highest BCUT2D eigenvalue weighted by Crippen LogP contribution is 2.38. The number of anilines is 1. The fraction of sp³-hybridized carbons (Fsp3) is 0.542. The number of halogens is 3. The average Bonchev–Trinajstić information content (AvgIpc) is 3.52. The lowest BCUT2D eigenvalue weighted by Crippen LogP contribution is -2.48. The Morgan fingerprint density at radius 3 is 2.73 bits per heavy atom. The molecule has 2 saturated heterocycles. The number of amides is 2. The average molecular weight is 521 g/mol. The van der Waals surface area contributed by atoms with Crippen molar-refractivity contribution in [3.8, 4) is 11.8 Å². The minimum atomic E-state index is -4.55. The number of alkyl halides is 3. The van der Waals surface area contributed by atoms with E-state index in [9.17, 15) is 22.8 Å². The molecule has 5 heterocycles. The molecule has 2 atom stereocenters. The Balaban J connectivity index is 1.39. The number of carbonyl (C=O) groups excluding carboxylic acids is 2. The van der Waals surface area contributed by atoms with Crippen LogP contribution in [-0.2, 0) is 28.7 Å². The largest absolute Gasteiger partial charge is 0.476 e. The van der Waals surface area contributed by atoms with Gasteiger partial charge in [-0.05, 0) is 25.8 Å². The number of hydrogen-bond donors (Lipinski definition) is 1. The molecule has 10 nitrogen and oxygen atoms in total. The van der Waals surface area contributed by atoms with Gasteiger partial charge in [0.15, 0.2) is 6.23 Å². The number of rotatable bonds is 6. The summed E-state index contributed by atoms with van der Waals surface area (Å²) in [5, 5.41) is 2.70. The zero-order chi connectivity index (χ0) is 26.2. The van der Waals surface area contributed by atoms with Crippen LogP contribution in [0.3, 0.4) is 0 Å². The Kier molecular flexibility index (Phi) is 6.78. The molecule has 0 aliphatic carbocycles. The topological polar surface area (TPSA) is 110 Å². The van der Waals surface area contributed by atoms with Crippen molar-refractivity contribution >= 4 is 17.5 Å². The van der Waals surface area contributed by atoms with Gasteiger partial charge in [0.05, 0.1) is 30.0 Å². The van der Waals surface area contributed by atoms with Gasteiger partial charge in [-0.25, -0.2) is 15.0 Å². The molecule has 0 bridgehead atoms. The predicted molar refractivity (Wildman–Crippen MR) is 124 cm³/mol. The van der Waals surface area contributed by atoms with Gasteiger partial charge in [0.1, 0.15) is 18.1 Å². The number of nitrogens with zero attached hydrogens (tertiary/aromatic N) is 5. The number of pyridine rings is 1. The van der Waals surface area contributed by atoms with Crippen molar-refractivity contribution in [2.45, 2.75) is 64.0 Å². The monoisotopic (exact) mass is 520 g/mol. The maximum Gasteiger partial charge on any atom is 0.417 e. The molecule has 1 N–H and O–H groups in total. The Labute approximate surface area is 211 Å². The van der Waals surface area contributed by atoms with Gasteiger partial charge in [-0.1, -0.05) is 0 Å². The molecule has 3 aliphatic heterocycles. The Bertz CT molecular complexity index is 1190. The van der Waals surface area contributed by atoms with Gasteiger partial charge in [-0.2, -0.15) is 13.2 Å². The zero-order valence-corrected chi connectivity index (χ0v) is 20.3. The summed E-state index contributed by atoms with van der Waals surface area (Å²) in [6.07, 6.45) is -0.390. The van der Waals surface area contributed by atoms with E-state index in [2.05, 4.69) is 20.3 Å². The minimum Gasteiger partial charge on any atom is -0.476 e. The molecule has 198 valence electrons. The summed E-state index contributed by atoms with van der Waals surface area (Å²) in [7, 11) is 0. The lowest BCUT2D eigenvalue weighted by atomic mass is 10.1. The zero-order valence-electron chi connectivity index (χ0n) is 20.3. The Hall–Kier alpha value is -3.64. The summed E-state index contributed by atoms with van der Waals surface area (Å²) in [6, 6.07) is 0.484. The predicted octanol–water partition coefficient (Wildman–Crippen LogP) is 2.46. The number of likely N-dealkylation sites (tertiary alicyclic amines) is 1. The molecule has 3 aliphatic rings. The Morgan fingerprint density at radius 2 is 2.00 bits per heavy atom. The molecule has 1 unspecified atom stereocenters. The molecular formula is C24H27F3N6O4. The molecule has 37 heavy (non-hydrogen) atoms. The van der Waals surface area contributed by atoms with E-state index in [1.165, 1.54) is 6.33 Å². The van der Waals surface area contributed by atoms with Crippen LogP contribution in [0.25, 0.3) is 0 Å². The van der Waals surface area contributed by atoms with Crippen LogP contribution in [0.2, 0.25) is 0 Å². The summed E-state index contributed by atoms with van der Waals surface area (Å²) < 4.78 is 52.0. The number of hydrogen-bond acceptors (Lipinski definition) is 8. The number of carbonyl (C=O) groups is 2. The number of aromatic nitrogens is 3. The van der Waals surface area contributed by atoms with E-state index in [1.807, 2.05) is 0 Å². The van der Waals surface area contributed by atoms with Crippen molar-refractivity contribution in [3.63, 3.8) is 0 Å². The highest BCUT2D eigenvalue weighted by Gasteiger charge is 2.38. The summed E-state index contributed by atoms with van der Waals surface area (Å²) in [6.45, 7) is 3.08. The fourth-order valence-electron chi connectivity index (χ4n) is 4.93. The first-order valence-electron chi connectivity index (χ1n) is 12.3. The fourth-order valence-corrected chi connectivity index (χ4v) is 4.93. The lowest BCUT2D eigenvalue weighted by molar-refractivity contribution is -0.139. The first-order valence-corrected chi connectivity index (χ1v) is 12.3. The van der Waals surface area contributed by atoms with Gasteiger partial charge in [-0.15, -0.1) is 0 Å². The van der Waals surface area contributed by atoms with Crippen LogP contribution in [0.4, 0.5) is 18.9 Å². The molecule has 0 aromatic carbocycles. The molecule has 2 aromatic heterocycles. The van der Waals surface area contributed by atoms with E-state index in [-0.39, 0.29) is 42.4 Å². The van der Waals surface area contributed by atoms with Crippen molar-refractivity contribution in [1.29, 1.82) is 0 Å². The van der Waals surface area contributed by atoms with E-state index in [0.29, 0.717) is 44.3 Å². The smallest absolute Gasteiger partial charge is 0.417 e. The van der Waals surface area contributed by atoms with Crippen molar-refractivity contribution in [1.82, 2.24) is 25.2 Å². The third-order valence-electron chi connectivity index (χ3n) is 6.77. The van der Waals surface area contributed by atoms with E-state index in [0.717, 1.165) is 24.4 Å². The van der Waals surface area contributed by atoms with Crippen molar-refractivity contribution in [2.75, 3.05) is 24.6 Å². The van der Waals surface area contributed by atoms with Crippen LogP contribution in [0.5, 0.6) is 11.8 Å². The van der Waals surface area contributed by atoms with Crippen molar-refractivity contribution in [3.05, 3.63) is 35.4 Å². The molecule has 0 spiro atoms. The second-order valence-corrected chi connectivity index (χ2v) is 9.16. The van der Waals surface area contributed by atoms with Gasteiger partial charge in [0.25, 0.3) is 0 Å². The van der Waals surface area contributed by atoms with E-state index >= 15 is 0 Å². The van der Waals surface area contributed by atoms with Crippen LogP contribution in [0, 0.1) is 0 Å². The minimum absolute atomic E-state index is 0.115. The molecule has 2 fully saturated rings. The third kappa shape index (κ3) is 5.12. The standard InChI is InChI=1S/C24H27F3N6O4/c1-2-36-22-18(10-14(11-28-22)24(25,26)27)32-9-7-16-15(12-32)21(30-13-29-16)37-20-4-3-8-33(20)23(35)17-5-6-19(34)31-17/h10-11,13,17,20H,2-9,12H2,1H3,(H,31,34)/t17?,20-/m0/s1. The van der Waals surface area contributed by atoms with Gasteiger partial charge in [0.2, 0.25) is 23.6 Å². The van der Waals surface area contributed by atoms with Gasteiger partial charge >= 0.3 is 6.18 Å². The first-order chi connectivity index (χ1) is 17.7. The highest BCUT2D eigenvalue weighted by atomic mass is 19.4. The van der Waals surface area contributed by atoms with Crippen LogP contribution in [0.15, 0.2) is 18.6 Å². The molecule has 0 radical (unpaired) electrons. The lowest BCUT2D eigenvalue weighted by Gasteiger charge is -2.33. The van der Waals surface area contributed by atoms with Crippen LogP contribution < -0.4 is 19.7 Å². The number of ether oxygens (including phenoxy) is 2. The number of fused-ring (bicyclic) bond motifs is 1. The van der Waals surface area contributed by atoms with E-state index in [4.69, 9.17) is 9.47 Å². The molecule has 2 amide bonds. The summed E-state index contributed by atoms with van der Waals surface area (Å²) >= 11 is 0. The van der Waals surface area contributed by atoms with Gasteiger partial charge in [0, 0.05) is 38.5 Å². The van der Waals surface area contributed by atoms with E-state index in [1.54, 1.807) is 16.7 Å². The van der Waals surface area contributed by atoms with Gasteiger partial charge in [-0.3, -0.25) is 9.59 Å². The first kappa shape index (κ1) is 25.0. The maximum absolute atomic E-state index is 13.4. The summed E-state index contributed by atoms with van der Waals surface area (Å²) in [4.78, 5) is 40.5. The second-order valence-electron chi connectivity index (χ2n) is 9.16. The molecular weight excluding hydrogens is 493 g/mol. The Morgan fingerprint density at radius 1 is 1.16 bits per heavy atom. The normalized spacial score (nSPS) is 21.6. The highest BCUT2D eigenvalue weighted by molar-refractivity contribution is 5.91. The maximum atomic E-state index is 13.4. The SMILES string of the molecule is CCOc1ncc(C(F)(F)F)cc1N1CCc2ncnc(O[C@H]3CCCN3C(=O)C3CCC(=O)N3)c2C1. The quantitative estimate of drug-likeness (QED) is 0.619. The molecule has 2 aromatic rings. The summed E-state index contributed by atoms with van der Waals surface area (Å²) in [5.41, 5.74) is 0.739. The number of nitrogens with one attached hydrogen (secondary N) is 1. The summed E-state index contributed by atoms with van der Waals surface area (Å²) in [5.74, 6) is 0.0713.